The highest BCUT2D eigenvalue weighted by molar-refractivity contribution is 7.07. The van der Waals surface area contributed by atoms with Crippen LogP contribution in [0.3, 0.4) is 0 Å². The van der Waals surface area contributed by atoms with Gasteiger partial charge in [-0.2, -0.15) is 10.1 Å². The Morgan fingerprint density at radius 1 is 1.35 bits per heavy atom. The van der Waals surface area contributed by atoms with Gasteiger partial charge >= 0.3 is 0 Å². The van der Waals surface area contributed by atoms with Crippen molar-refractivity contribution in [3.05, 3.63) is 46.7 Å². The number of nitrogens with one attached hydrogen (secondary N) is 2. The van der Waals surface area contributed by atoms with Gasteiger partial charge in [-0.05, 0) is 18.2 Å². The predicted molar refractivity (Wildman–Crippen MR) is 83.8 cm³/mol. The van der Waals surface area contributed by atoms with Gasteiger partial charge in [0, 0.05) is 10.9 Å². The first-order valence-electron chi connectivity index (χ1n) is 6.61. The second kappa shape index (κ2) is 6.88. The van der Waals surface area contributed by atoms with Gasteiger partial charge in [0.1, 0.15) is 12.9 Å². The molecule has 0 spiro atoms. The van der Waals surface area contributed by atoms with Crippen LogP contribution in [0.2, 0.25) is 0 Å². The monoisotopic (exact) mass is 331 g/mol. The van der Waals surface area contributed by atoms with Crippen molar-refractivity contribution in [1.29, 1.82) is 0 Å². The molecule has 0 aliphatic carbocycles. The zero-order valence-corrected chi connectivity index (χ0v) is 13.0. The maximum Gasteiger partial charge on any atom is 0.258 e. The fourth-order valence-corrected chi connectivity index (χ4v) is 2.38. The molecule has 0 saturated carbocycles. The summed E-state index contributed by atoms with van der Waals surface area (Å²) in [6.07, 6.45) is 1.31. The number of carbonyl (C=O) groups is 1. The number of aromatic nitrogens is 4. The van der Waals surface area contributed by atoms with Crippen molar-refractivity contribution in [1.82, 2.24) is 20.2 Å². The predicted octanol–water partition coefficient (Wildman–Crippen LogP) is 2.10. The van der Waals surface area contributed by atoms with Gasteiger partial charge in [0.05, 0.1) is 18.3 Å². The molecule has 0 radical (unpaired) electrons. The number of nitrogens with zero attached hydrogens (tertiary/aromatic N) is 3. The lowest BCUT2D eigenvalue weighted by Gasteiger charge is -2.11. The van der Waals surface area contributed by atoms with Gasteiger partial charge in [0.15, 0.2) is 11.5 Å². The fraction of sp³-hybridized carbons (Fsp3) is 0.143. The van der Waals surface area contributed by atoms with Gasteiger partial charge in [-0.3, -0.25) is 10.1 Å². The molecule has 0 unspecified atom stereocenters. The Kier molecular flexibility index (Phi) is 4.48. The average molecular weight is 331 g/mol. The van der Waals surface area contributed by atoms with Crippen LogP contribution in [0.5, 0.6) is 11.5 Å². The second-order valence-electron chi connectivity index (χ2n) is 4.42. The molecular formula is C14H13N5O3S. The molecule has 3 aromatic rings. The number of amides is 1. The van der Waals surface area contributed by atoms with Crippen LogP contribution in [0.4, 0.5) is 5.95 Å². The maximum atomic E-state index is 12.1. The van der Waals surface area contributed by atoms with Gasteiger partial charge < -0.3 is 9.47 Å². The fourth-order valence-electron chi connectivity index (χ4n) is 1.83. The van der Waals surface area contributed by atoms with Crippen molar-refractivity contribution in [2.24, 2.45) is 0 Å². The summed E-state index contributed by atoms with van der Waals surface area (Å²) in [7, 11) is 1.52. The van der Waals surface area contributed by atoms with Crippen molar-refractivity contribution in [3.63, 3.8) is 0 Å². The highest BCUT2D eigenvalue weighted by Crippen LogP contribution is 2.29. The Bertz CT molecular complexity index is 774. The third-order valence-corrected chi connectivity index (χ3v) is 3.57. The molecule has 2 N–H and O–H groups in total. The van der Waals surface area contributed by atoms with Crippen molar-refractivity contribution < 1.29 is 14.3 Å². The number of anilines is 1. The lowest BCUT2D eigenvalue weighted by atomic mass is 10.2. The van der Waals surface area contributed by atoms with Crippen molar-refractivity contribution in [2.45, 2.75) is 6.61 Å². The number of hydrogen-bond acceptors (Lipinski definition) is 7. The smallest absolute Gasteiger partial charge is 0.258 e. The topological polar surface area (TPSA) is 102 Å². The second-order valence-corrected chi connectivity index (χ2v) is 5.14. The number of benzene rings is 1. The summed E-state index contributed by atoms with van der Waals surface area (Å²) in [4.78, 5) is 20.1. The number of hydrogen-bond donors (Lipinski definition) is 2. The standard InChI is InChI=1S/C14H13N5O3S/c1-21-12-4-9(13(20)18-14-15-7-17-19-14)2-3-11(12)22-5-10-6-23-8-16-10/h2-4,6-8H,5H2,1H3,(H2,15,17,18,19,20). The van der Waals surface area contributed by atoms with Gasteiger partial charge in [0.25, 0.3) is 5.91 Å². The molecule has 1 aromatic carbocycles. The van der Waals surface area contributed by atoms with E-state index in [2.05, 4.69) is 25.5 Å². The van der Waals surface area contributed by atoms with E-state index in [1.165, 1.54) is 24.8 Å². The Balaban J connectivity index is 1.72. The molecule has 23 heavy (non-hydrogen) atoms. The summed E-state index contributed by atoms with van der Waals surface area (Å²) in [5, 5.41) is 10.7. The molecule has 0 saturated heterocycles. The highest BCUT2D eigenvalue weighted by atomic mass is 32.1. The Labute approximate surface area is 135 Å². The Hall–Kier alpha value is -2.94. The lowest BCUT2D eigenvalue weighted by Crippen LogP contribution is -2.13. The molecule has 2 aromatic heterocycles. The van der Waals surface area contributed by atoms with Gasteiger partial charge in [0.2, 0.25) is 5.95 Å². The van der Waals surface area contributed by atoms with Crippen LogP contribution in [0.25, 0.3) is 0 Å². The zero-order valence-electron chi connectivity index (χ0n) is 12.1. The van der Waals surface area contributed by atoms with E-state index in [1.807, 2.05) is 5.38 Å². The molecule has 0 aliphatic rings. The third-order valence-electron chi connectivity index (χ3n) is 2.93. The first kappa shape index (κ1) is 15.0. The quantitative estimate of drug-likeness (QED) is 0.717. The number of carbonyl (C=O) groups excluding carboxylic acids is 1. The molecule has 9 heteroatoms. The number of aromatic amines is 1. The summed E-state index contributed by atoms with van der Waals surface area (Å²) in [6.45, 7) is 0.337. The van der Waals surface area contributed by atoms with E-state index in [-0.39, 0.29) is 11.9 Å². The van der Waals surface area contributed by atoms with E-state index < -0.39 is 0 Å². The molecule has 3 rings (SSSR count). The molecular weight excluding hydrogens is 318 g/mol. The van der Waals surface area contributed by atoms with Crippen LogP contribution in [0.1, 0.15) is 16.1 Å². The normalized spacial score (nSPS) is 10.3. The summed E-state index contributed by atoms with van der Waals surface area (Å²) in [5.41, 5.74) is 3.00. The minimum Gasteiger partial charge on any atom is -0.493 e. The molecule has 8 nitrogen and oxygen atoms in total. The summed E-state index contributed by atoms with van der Waals surface area (Å²) < 4.78 is 11.0. The molecule has 1 amide bonds. The number of rotatable bonds is 6. The van der Waals surface area contributed by atoms with E-state index in [4.69, 9.17) is 9.47 Å². The maximum absolute atomic E-state index is 12.1. The highest BCUT2D eigenvalue weighted by Gasteiger charge is 2.12. The lowest BCUT2D eigenvalue weighted by molar-refractivity contribution is 0.102. The first-order chi connectivity index (χ1) is 11.3. The Morgan fingerprint density at radius 3 is 2.96 bits per heavy atom. The van der Waals surface area contributed by atoms with Gasteiger partial charge in [-0.15, -0.1) is 11.3 Å². The van der Waals surface area contributed by atoms with Crippen molar-refractivity contribution in [3.8, 4) is 11.5 Å². The molecule has 118 valence electrons. The molecule has 0 bridgehead atoms. The Morgan fingerprint density at radius 2 is 2.26 bits per heavy atom. The molecule has 0 atom stereocenters. The number of thiazole rings is 1. The third kappa shape index (κ3) is 3.64. The number of ether oxygens (including phenoxy) is 2. The van der Waals surface area contributed by atoms with E-state index in [9.17, 15) is 4.79 Å². The van der Waals surface area contributed by atoms with Crippen molar-refractivity contribution in [2.75, 3.05) is 12.4 Å². The van der Waals surface area contributed by atoms with Crippen molar-refractivity contribution >= 4 is 23.2 Å². The molecule has 0 aliphatic heterocycles. The SMILES string of the molecule is COc1cc(C(=O)Nc2ncn[nH]2)ccc1OCc1cscn1. The van der Waals surface area contributed by atoms with Crippen LogP contribution in [-0.4, -0.2) is 33.2 Å². The molecule has 0 fully saturated rings. The van der Waals surface area contributed by atoms with Crippen LogP contribution < -0.4 is 14.8 Å². The van der Waals surface area contributed by atoms with E-state index in [1.54, 1.807) is 23.7 Å². The van der Waals surface area contributed by atoms with E-state index in [0.29, 0.717) is 23.7 Å². The minimum atomic E-state index is -0.328. The van der Waals surface area contributed by atoms with Gasteiger partial charge in [-0.1, -0.05) is 0 Å². The van der Waals surface area contributed by atoms with Gasteiger partial charge in [-0.25, -0.2) is 10.1 Å². The summed E-state index contributed by atoms with van der Waals surface area (Å²) in [6, 6.07) is 4.92. The van der Waals surface area contributed by atoms with E-state index in [0.717, 1.165) is 5.69 Å². The number of H-pyrrole nitrogens is 1. The minimum absolute atomic E-state index is 0.276. The number of methoxy groups -OCH3 is 1. The largest absolute Gasteiger partial charge is 0.493 e. The van der Waals surface area contributed by atoms with Crippen LogP contribution >= 0.6 is 11.3 Å². The molecule has 2 heterocycles. The van der Waals surface area contributed by atoms with Crippen LogP contribution in [0.15, 0.2) is 35.4 Å². The zero-order chi connectivity index (χ0) is 16.1. The summed E-state index contributed by atoms with van der Waals surface area (Å²) >= 11 is 1.50. The van der Waals surface area contributed by atoms with Crippen LogP contribution in [-0.2, 0) is 6.61 Å². The first-order valence-corrected chi connectivity index (χ1v) is 7.55. The van der Waals surface area contributed by atoms with Crippen LogP contribution in [0, 0.1) is 0 Å². The summed E-state index contributed by atoms with van der Waals surface area (Å²) in [5.74, 6) is 0.950. The average Bonchev–Trinajstić information content (AvgIpc) is 3.26. The van der Waals surface area contributed by atoms with E-state index >= 15 is 0 Å².